The molecular formula is C26H32F3N5O2. The summed E-state index contributed by atoms with van der Waals surface area (Å²) in [5.41, 5.74) is -1.16. The summed E-state index contributed by atoms with van der Waals surface area (Å²) >= 11 is 0. The minimum atomic E-state index is -3.45. The van der Waals surface area contributed by atoms with Crippen LogP contribution in [0.25, 0.3) is 0 Å². The fourth-order valence-electron chi connectivity index (χ4n) is 5.48. The lowest BCUT2D eigenvalue weighted by Gasteiger charge is -2.54. The van der Waals surface area contributed by atoms with Gasteiger partial charge in [-0.15, -0.1) is 0 Å². The minimum Gasteiger partial charge on any atom is -0.336 e. The third-order valence-corrected chi connectivity index (χ3v) is 8.11. The molecule has 2 saturated carbocycles. The Hall–Kier alpha value is -2.80. The molecule has 2 saturated heterocycles. The number of nitriles is 1. The van der Waals surface area contributed by atoms with Crippen LogP contribution in [0.1, 0.15) is 50.5 Å². The van der Waals surface area contributed by atoms with E-state index in [4.69, 9.17) is 0 Å². The summed E-state index contributed by atoms with van der Waals surface area (Å²) in [6.45, 7) is 3.12. The number of nitrogens with zero attached hydrogens (tertiary/aromatic N) is 3. The van der Waals surface area contributed by atoms with Crippen molar-refractivity contribution in [1.29, 1.82) is 5.26 Å². The van der Waals surface area contributed by atoms with Crippen molar-refractivity contribution in [1.82, 2.24) is 20.4 Å². The number of benzene rings is 1. The summed E-state index contributed by atoms with van der Waals surface area (Å²) < 4.78 is 44.0. The van der Waals surface area contributed by atoms with Crippen LogP contribution in [-0.2, 0) is 11.2 Å². The van der Waals surface area contributed by atoms with Crippen molar-refractivity contribution in [2.24, 2.45) is 5.41 Å². The van der Waals surface area contributed by atoms with Crippen molar-refractivity contribution >= 4 is 11.9 Å². The second-order valence-electron chi connectivity index (χ2n) is 11.1. The Labute approximate surface area is 209 Å². The lowest BCUT2D eigenvalue weighted by atomic mass is 9.72. The van der Waals surface area contributed by atoms with Gasteiger partial charge in [0, 0.05) is 37.4 Å². The van der Waals surface area contributed by atoms with Crippen molar-refractivity contribution in [2.75, 3.05) is 26.2 Å². The molecule has 7 nitrogen and oxygen atoms in total. The summed E-state index contributed by atoms with van der Waals surface area (Å²) in [5, 5.41) is 14.3. The van der Waals surface area contributed by atoms with Gasteiger partial charge in [0.15, 0.2) is 0 Å². The number of alkyl halides is 2. The number of amides is 3. The number of likely N-dealkylation sites (tertiary alicyclic amines) is 2. The summed E-state index contributed by atoms with van der Waals surface area (Å²) in [7, 11) is 0. The highest BCUT2D eigenvalue weighted by molar-refractivity contribution is 5.88. The molecular weight excluding hydrogens is 471 g/mol. The van der Waals surface area contributed by atoms with Crippen molar-refractivity contribution < 1.29 is 22.8 Å². The Morgan fingerprint density at radius 2 is 1.81 bits per heavy atom. The van der Waals surface area contributed by atoms with Gasteiger partial charge in [-0.25, -0.2) is 18.0 Å². The first-order valence-electron chi connectivity index (χ1n) is 12.8. The first-order valence-corrected chi connectivity index (χ1v) is 12.8. The Kier molecular flexibility index (Phi) is 6.39. The lowest BCUT2D eigenvalue weighted by Crippen LogP contribution is -2.65. The first-order chi connectivity index (χ1) is 17.1. The molecule has 2 heterocycles. The van der Waals surface area contributed by atoms with E-state index in [1.54, 1.807) is 4.90 Å². The molecule has 0 unspecified atom stereocenters. The van der Waals surface area contributed by atoms with E-state index in [-0.39, 0.29) is 11.0 Å². The number of halogens is 3. The van der Waals surface area contributed by atoms with Gasteiger partial charge in [0.1, 0.15) is 17.4 Å². The van der Waals surface area contributed by atoms with E-state index < -0.39 is 48.1 Å². The van der Waals surface area contributed by atoms with E-state index in [1.165, 1.54) is 31.0 Å². The molecule has 1 aromatic carbocycles. The molecule has 1 aromatic rings. The maximum absolute atomic E-state index is 15.0. The Morgan fingerprint density at radius 3 is 2.39 bits per heavy atom. The van der Waals surface area contributed by atoms with Crippen molar-refractivity contribution in [3.8, 4) is 6.07 Å². The molecule has 1 spiro atoms. The molecule has 36 heavy (non-hydrogen) atoms. The Morgan fingerprint density at radius 1 is 1.14 bits per heavy atom. The van der Waals surface area contributed by atoms with Crippen molar-refractivity contribution in [3.05, 3.63) is 35.6 Å². The van der Waals surface area contributed by atoms with Crippen LogP contribution in [0, 0.1) is 22.6 Å². The third kappa shape index (κ3) is 5.46. The van der Waals surface area contributed by atoms with Gasteiger partial charge in [0.2, 0.25) is 5.91 Å². The van der Waals surface area contributed by atoms with Gasteiger partial charge in [-0.05, 0) is 63.2 Å². The number of urea groups is 1. The zero-order chi connectivity index (χ0) is 25.6. The van der Waals surface area contributed by atoms with Gasteiger partial charge in [0.05, 0.1) is 6.07 Å². The second-order valence-corrected chi connectivity index (χ2v) is 11.1. The molecule has 0 radical (unpaired) electrons. The molecule has 3 amide bonds. The average molecular weight is 504 g/mol. The number of nitrogens with one attached hydrogen (secondary N) is 2. The lowest BCUT2D eigenvalue weighted by molar-refractivity contribution is -0.126. The topological polar surface area (TPSA) is 88.5 Å². The summed E-state index contributed by atoms with van der Waals surface area (Å²) in [6.07, 6.45) is 3.52. The molecule has 5 rings (SSSR count). The second kappa shape index (κ2) is 9.25. The van der Waals surface area contributed by atoms with E-state index in [1.807, 2.05) is 6.07 Å². The highest BCUT2D eigenvalue weighted by Crippen LogP contribution is 2.43. The van der Waals surface area contributed by atoms with Crippen LogP contribution in [0.2, 0.25) is 0 Å². The third-order valence-electron chi connectivity index (χ3n) is 8.11. The number of hydrogen-bond donors (Lipinski definition) is 2. The van der Waals surface area contributed by atoms with Crippen LogP contribution in [0.3, 0.4) is 0 Å². The van der Waals surface area contributed by atoms with Gasteiger partial charge in [-0.3, -0.25) is 4.79 Å². The zero-order valence-electron chi connectivity index (χ0n) is 20.2. The molecule has 10 heteroatoms. The molecule has 4 aliphatic rings. The van der Waals surface area contributed by atoms with E-state index in [0.717, 1.165) is 38.0 Å². The zero-order valence-corrected chi connectivity index (χ0v) is 20.2. The van der Waals surface area contributed by atoms with Gasteiger partial charge in [0.25, 0.3) is 5.92 Å². The smallest absolute Gasteiger partial charge is 0.318 e. The predicted octanol–water partition coefficient (Wildman–Crippen LogP) is 3.20. The van der Waals surface area contributed by atoms with Crippen LogP contribution >= 0.6 is 0 Å². The van der Waals surface area contributed by atoms with Crippen LogP contribution in [0.4, 0.5) is 18.0 Å². The monoisotopic (exact) mass is 503 g/mol. The molecule has 2 aliphatic heterocycles. The van der Waals surface area contributed by atoms with Gasteiger partial charge >= 0.3 is 6.03 Å². The van der Waals surface area contributed by atoms with Crippen LogP contribution in [0.5, 0.6) is 0 Å². The molecule has 2 N–H and O–H groups in total. The molecule has 0 aromatic heterocycles. The fourth-order valence-corrected chi connectivity index (χ4v) is 5.48. The SMILES string of the molecule is N#CC1(NC(=O)[C@H](CC(F)(F)Cc2ccccc2F)NC(=O)N2CC3(CCN(C4CC4)CC3)C2)CC1. The standard InChI is InChI=1S/C26H32F3N5O2/c27-20-4-2-1-3-18(20)13-26(28,29)14-21(22(35)32-25(15-30)7-8-25)31-23(36)34-16-24(17-34)9-11-33(12-10-24)19-5-6-19/h1-4,19,21H,5-14,16-17H2,(H,31,36)(H,32,35)/t21-/m0/s1. The quantitative estimate of drug-likeness (QED) is 0.570. The number of rotatable bonds is 8. The normalized spacial score (nSPS) is 23.3. The summed E-state index contributed by atoms with van der Waals surface area (Å²) in [4.78, 5) is 29.9. The predicted molar refractivity (Wildman–Crippen MR) is 126 cm³/mol. The van der Waals surface area contributed by atoms with Crippen LogP contribution in [-0.4, -0.2) is 71.5 Å². The number of carbonyl (C=O) groups is 2. The maximum atomic E-state index is 15.0. The minimum absolute atomic E-state index is 0.0636. The molecule has 0 bridgehead atoms. The van der Waals surface area contributed by atoms with E-state index in [0.29, 0.717) is 25.9 Å². The Bertz CT molecular complexity index is 1050. The molecule has 194 valence electrons. The summed E-state index contributed by atoms with van der Waals surface area (Å²) in [5.74, 6) is -5.02. The van der Waals surface area contributed by atoms with E-state index in [2.05, 4.69) is 15.5 Å². The fraction of sp³-hybridized carbons (Fsp3) is 0.654. The van der Waals surface area contributed by atoms with Crippen LogP contribution in [0.15, 0.2) is 24.3 Å². The largest absolute Gasteiger partial charge is 0.336 e. The Balaban J connectivity index is 1.21. The number of piperidine rings is 1. The van der Waals surface area contributed by atoms with Crippen molar-refractivity contribution in [3.63, 3.8) is 0 Å². The van der Waals surface area contributed by atoms with Crippen molar-refractivity contribution in [2.45, 2.75) is 74.9 Å². The highest BCUT2D eigenvalue weighted by Gasteiger charge is 2.50. The van der Waals surface area contributed by atoms with E-state index >= 15 is 0 Å². The number of hydrogen-bond acceptors (Lipinski definition) is 4. The average Bonchev–Trinajstić information content (AvgIpc) is 3.74. The number of carbonyl (C=O) groups excluding carboxylic acids is 2. The van der Waals surface area contributed by atoms with Gasteiger partial charge in [-0.2, -0.15) is 5.26 Å². The highest BCUT2D eigenvalue weighted by atomic mass is 19.3. The van der Waals surface area contributed by atoms with Crippen LogP contribution < -0.4 is 10.6 Å². The van der Waals surface area contributed by atoms with E-state index in [9.17, 15) is 28.0 Å². The van der Waals surface area contributed by atoms with Gasteiger partial charge < -0.3 is 20.4 Å². The molecule has 2 aliphatic carbocycles. The van der Waals surface area contributed by atoms with Gasteiger partial charge in [-0.1, -0.05) is 18.2 Å². The maximum Gasteiger partial charge on any atom is 0.318 e. The first kappa shape index (κ1) is 24.9. The summed E-state index contributed by atoms with van der Waals surface area (Å²) in [6, 6.07) is 5.89. The molecule has 1 atom stereocenters. The molecule has 4 fully saturated rings.